The van der Waals surface area contributed by atoms with Crippen molar-refractivity contribution in [2.45, 2.75) is 10.9 Å². The minimum atomic E-state index is -0.0239. The minimum Gasteiger partial charge on any atom is -0.312 e. The standard InChI is InChI=1S/C13H13N5OS/c1-17-8-14-16-13(17)20-7-11-15-10-6-4-3-5-9(10)12(19)18(11)2/h3-6,8H,7H2,1-2H3. The van der Waals surface area contributed by atoms with Crippen LogP contribution in [0, 0.1) is 0 Å². The monoisotopic (exact) mass is 287 g/mol. The zero-order valence-corrected chi connectivity index (χ0v) is 12.0. The fraction of sp³-hybridized carbons (Fsp3) is 0.231. The Kier molecular flexibility index (Phi) is 3.27. The van der Waals surface area contributed by atoms with Gasteiger partial charge in [-0.1, -0.05) is 23.9 Å². The van der Waals surface area contributed by atoms with Crippen LogP contribution >= 0.6 is 11.8 Å². The molecule has 7 heteroatoms. The van der Waals surface area contributed by atoms with Crippen molar-refractivity contribution in [3.8, 4) is 0 Å². The van der Waals surface area contributed by atoms with E-state index in [1.165, 1.54) is 11.8 Å². The van der Waals surface area contributed by atoms with Gasteiger partial charge in [-0.25, -0.2) is 4.98 Å². The largest absolute Gasteiger partial charge is 0.312 e. The first-order chi connectivity index (χ1) is 9.66. The van der Waals surface area contributed by atoms with Gasteiger partial charge in [0.25, 0.3) is 5.56 Å². The van der Waals surface area contributed by atoms with Gasteiger partial charge >= 0.3 is 0 Å². The number of nitrogens with zero attached hydrogens (tertiary/aromatic N) is 5. The second-order valence-electron chi connectivity index (χ2n) is 4.42. The number of benzene rings is 1. The lowest BCUT2D eigenvalue weighted by Gasteiger charge is -2.08. The highest BCUT2D eigenvalue weighted by Gasteiger charge is 2.09. The molecule has 6 nitrogen and oxygen atoms in total. The molecule has 0 saturated carbocycles. The Hall–Kier alpha value is -2.15. The van der Waals surface area contributed by atoms with E-state index in [-0.39, 0.29) is 5.56 Å². The normalized spacial score (nSPS) is 11.1. The van der Waals surface area contributed by atoms with Crippen molar-refractivity contribution in [3.63, 3.8) is 0 Å². The number of hydrogen-bond donors (Lipinski definition) is 0. The van der Waals surface area contributed by atoms with Crippen LogP contribution in [-0.2, 0) is 19.8 Å². The highest BCUT2D eigenvalue weighted by Crippen LogP contribution is 2.19. The molecule has 0 bridgehead atoms. The van der Waals surface area contributed by atoms with Crippen LogP contribution in [0.5, 0.6) is 0 Å². The van der Waals surface area contributed by atoms with E-state index in [9.17, 15) is 4.79 Å². The summed E-state index contributed by atoms with van der Waals surface area (Å²) in [7, 11) is 3.63. The molecule has 0 radical (unpaired) electrons. The van der Waals surface area contributed by atoms with E-state index in [4.69, 9.17) is 0 Å². The van der Waals surface area contributed by atoms with Crippen LogP contribution in [0.15, 0.2) is 40.5 Å². The van der Waals surface area contributed by atoms with Gasteiger partial charge in [-0.15, -0.1) is 10.2 Å². The maximum Gasteiger partial charge on any atom is 0.261 e. The summed E-state index contributed by atoms with van der Waals surface area (Å²) in [6.07, 6.45) is 1.65. The number of thioether (sulfide) groups is 1. The molecule has 0 aliphatic carbocycles. The molecule has 0 unspecified atom stereocenters. The first-order valence-corrected chi connectivity index (χ1v) is 7.07. The van der Waals surface area contributed by atoms with Gasteiger partial charge in [-0.05, 0) is 12.1 Å². The first-order valence-electron chi connectivity index (χ1n) is 6.08. The second kappa shape index (κ2) is 5.09. The van der Waals surface area contributed by atoms with Crippen LogP contribution in [0.1, 0.15) is 5.82 Å². The van der Waals surface area contributed by atoms with Crippen molar-refractivity contribution in [2.75, 3.05) is 0 Å². The lowest BCUT2D eigenvalue weighted by molar-refractivity contribution is 0.771. The fourth-order valence-electron chi connectivity index (χ4n) is 1.93. The molecule has 0 aliphatic rings. The van der Waals surface area contributed by atoms with Crippen molar-refractivity contribution in [2.24, 2.45) is 14.1 Å². The van der Waals surface area contributed by atoms with Gasteiger partial charge in [0.05, 0.1) is 16.7 Å². The van der Waals surface area contributed by atoms with E-state index in [0.717, 1.165) is 16.5 Å². The number of rotatable bonds is 3. The average Bonchev–Trinajstić information content (AvgIpc) is 2.87. The van der Waals surface area contributed by atoms with E-state index in [0.29, 0.717) is 11.1 Å². The SMILES string of the molecule is Cn1cnnc1SCc1nc2ccccc2c(=O)n1C. The first kappa shape index (κ1) is 12.9. The van der Waals surface area contributed by atoms with Crippen molar-refractivity contribution in [1.29, 1.82) is 0 Å². The van der Waals surface area contributed by atoms with Crippen molar-refractivity contribution in [1.82, 2.24) is 24.3 Å². The maximum atomic E-state index is 12.3. The summed E-state index contributed by atoms with van der Waals surface area (Å²) < 4.78 is 3.43. The molecule has 3 aromatic rings. The molecule has 2 aromatic heterocycles. The molecule has 2 heterocycles. The topological polar surface area (TPSA) is 65.6 Å². The van der Waals surface area contributed by atoms with E-state index < -0.39 is 0 Å². The van der Waals surface area contributed by atoms with Gasteiger partial charge in [-0.3, -0.25) is 9.36 Å². The Balaban J connectivity index is 1.98. The van der Waals surface area contributed by atoms with Crippen molar-refractivity contribution >= 4 is 22.7 Å². The molecule has 0 aliphatic heterocycles. The Bertz CT molecular complexity index is 823. The highest BCUT2D eigenvalue weighted by atomic mass is 32.2. The Morgan fingerprint density at radius 3 is 2.80 bits per heavy atom. The van der Waals surface area contributed by atoms with E-state index >= 15 is 0 Å². The summed E-state index contributed by atoms with van der Waals surface area (Å²) in [6.45, 7) is 0. The second-order valence-corrected chi connectivity index (χ2v) is 5.36. The number of aryl methyl sites for hydroxylation is 1. The number of aromatic nitrogens is 5. The summed E-state index contributed by atoms with van der Waals surface area (Å²) in [5, 5.41) is 9.27. The molecule has 102 valence electrons. The van der Waals surface area contributed by atoms with Gasteiger partial charge in [0.2, 0.25) is 0 Å². The van der Waals surface area contributed by atoms with E-state index in [1.807, 2.05) is 29.8 Å². The van der Waals surface area contributed by atoms with Gasteiger partial charge in [0.15, 0.2) is 5.16 Å². The summed E-state index contributed by atoms with van der Waals surface area (Å²) in [5.41, 5.74) is 0.702. The lowest BCUT2D eigenvalue weighted by Crippen LogP contribution is -2.21. The smallest absolute Gasteiger partial charge is 0.261 e. The van der Waals surface area contributed by atoms with Crippen LogP contribution in [0.2, 0.25) is 0 Å². The fourth-order valence-corrected chi connectivity index (χ4v) is 2.80. The molecule has 0 N–H and O–H groups in total. The van der Waals surface area contributed by atoms with Crippen LogP contribution in [0.4, 0.5) is 0 Å². The van der Waals surface area contributed by atoms with Crippen molar-refractivity contribution < 1.29 is 0 Å². The quantitative estimate of drug-likeness (QED) is 0.680. The van der Waals surface area contributed by atoms with Crippen LogP contribution in [0.3, 0.4) is 0 Å². The maximum absolute atomic E-state index is 12.3. The number of para-hydroxylation sites is 1. The van der Waals surface area contributed by atoms with Gasteiger partial charge < -0.3 is 4.57 Å². The van der Waals surface area contributed by atoms with Gasteiger partial charge in [0, 0.05) is 14.1 Å². The Morgan fingerprint density at radius 2 is 2.05 bits per heavy atom. The molecule has 20 heavy (non-hydrogen) atoms. The van der Waals surface area contributed by atoms with E-state index in [1.54, 1.807) is 24.0 Å². The third kappa shape index (κ3) is 2.20. The van der Waals surface area contributed by atoms with Crippen LogP contribution < -0.4 is 5.56 Å². The van der Waals surface area contributed by atoms with Crippen LogP contribution in [-0.4, -0.2) is 24.3 Å². The zero-order chi connectivity index (χ0) is 14.1. The molecule has 0 fully saturated rings. The zero-order valence-electron chi connectivity index (χ0n) is 11.1. The summed E-state index contributed by atoms with van der Waals surface area (Å²) in [4.78, 5) is 16.8. The molecule has 0 saturated heterocycles. The predicted molar refractivity (Wildman–Crippen MR) is 77.5 cm³/mol. The third-order valence-electron chi connectivity index (χ3n) is 3.08. The number of hydrogen-bond acceptors (Lipinski definition) is 5. The molecule has 0 amide bonds. The van der Waals surface area contributed by atoms with E-state index in [2.05, 4.69) is 15.2 Å². The Morgan fingerprint density at radius 1 is 1.25 bits per heavy atom. The molecule has 0 spiro atoms. The average molecular weight is 287 g/mol. The predicted octanol–water partition coefficient (Wildman–Crippen LogP) is 1.35. The number of fused-ring (bicyclic) bond motifs is 1. The molecule has 0 atom stereocenters. The van der Waals surface area contributed by atoms with Gasteiger partial charge in [-0.2, -0.15) is 0 Å². The molecule has 1 aromatic carbocycles. The lowest BCUT2D eigenvalue weighted by atomic mass is 10.2. The Labute approximate surface area is 119 Å². The van der Waals surface area contributed by atoms with Crippen molar-refractivity contribution in [3.05, 3.63) is 46.8 Å². The summed E-state index contributed by atoms with van der Waals surface area (Å²) in [6, 6.07) is 7.38. The summed E-state index contributed by atoms with van der Waals surface area (Å²) in [5.74, 6) is 1.30. The minimum absolute atomic E-state index is 0.0239. The van der Waals surface area contributed by atoms with Gasteiger partial charge in [0.1, 0.15) is 12.2 Å². The van der Waals surface area contributed by atoms with Crippen LogP contribution in [0.25, 0.3) is 10.9 Å². The third-order valence-corrected chi connectivity index (χ3v) is 4.11. The molecule has 3 rings (SSSR count). The molecular formula is C13H13N5OS. The highest BCUT2D eigenvalue weighted by molar-refractivity contribution is 7.98. The molecular weight excluding hydrogens is 274 g/mol. The summed E-state index contributed by atoms with van der Waals surface area (Å²) >= 11 is 1.51.